The number of halogens is 1. The average Bonchev–Trinajstić information content (AvgIpc) is 2.33. The lowest BCUT2D eigenvalue weighted by Gasteiger charge is -2.28. The Kier molecular flexibility index (Phi) is 5.36. The standard InChI is InChI=1S/C16H26FNO/c1-7-16(5,6)19-15-9-11(3)14(17)10-13(15)12(4)18-8-2/h9-10,12,18H,7-8H2,1-6H3. The Balaban J connectivity index is 3.16. The Morgan fingerprint density at radius 1 is 1.32 bits per heavy atom. The van der Waals surface area contributed by atoms with Crippen molar-refractivity contribution in [2.45, 2.75) is 59.6 Å². The van der Waals surface area contributed by atoms with Crippen molar-refractivity contribution in [2.24, 2.45) is 0 Å². The molecule has 1 rings (SSSR count). The first kappa shape index (κ1) is 16.0. The molecule has 108 valence electrons. The van der Waals surface area contributed by atoms with Crippen LogP contribution >= 0.6 is 0 Å². The van der Waals surface area contributed by atoms with Crippen LogP contribution in [-0.2, 0) is 0 Å². The third-order valence-corrected chi connectivity index (χ3v) is 3.51. The highest BCUT2D eigenvalue weighted by atomic mass is 19.1. The second-order valence-corrected chi connectivity index (χ2v) is 5.63. The second kappa shape index (κ2) is 6.38. The fourth-order valence-corrected chi connectivity index (χ4v) is 1.88. The summed E-state index contributed by atoms with van der Waals surface area (Å²) in [7, 11) is 0. The van der Waals surface area contributed by atoms with Gasteiger partial charge in [-0.1, -0.05) is 13.8 Å². The highest BCUT2D eigenvalue weighted by molar-refractivity contribution is 5.40. The van der Waals surface area contributed by atoms with Gasteiger partial charge < -0.3 is 10.1 Å². The van der Waals surface area contributed by atoms with E-state index in [4.69, 9.17) is 4.74 Å². The molecule has 2 nitrogen and oxygen atoms in total. The highest BCUT2D eigenvalue weighted by Crippen LogP contribution is 2.31. The van der Waals surface area contributed by atoms with Gasteiger partial charge in [0.25, 0.3) is 0 Å². The van der Waals surface area contributed by atoms with E-state index < -0.39 is 0 Å². The number of nitrogens with one attached hydrogen (secondary N) is 1. The first-order chi connectivity index (χ1) is 8.80. The summed E-state index contributed by atoms with van der Waals surface area (Å²) in [5.74, 6) is 0.598. The van der Waals surface area contributed by atoms with Crippen molar-refractivity contribution >= 4 is 0 Å². The van der Waals surface area contributed by atoms with E-state index in [9.17, 15) is 4.39 Å². The fraction of sp³-hybridized carbons (Fsp3) is 0.625. The molecule has 0 amide bonds. The highest BCUT2D eigenvalue weighted by Gasteiger charge is 2.21. The van der Waals surface area contributed by atoms with Crippen LogP contribution < -0.4 is 10.1 Å². The lowest BCUT2D eigenvalue weighted by Crippen LogP contribution is -2.28. The molecule has 0 saturated carbocycles. The monoisotopic (exact) mass is 267 g/mol. The van der Waals surface area contributed by atoms with Gasteiger partial charge in [0.1, 0.15) is 17.2 Å². The average molecular weight is 267 g/mol. The molecular formula is C16H26FNO. The normalized spacial score (nSPS) is 13.4. The number of aryl methyl sites for hydroxylation is 1. The van der Waals surface area contributed by atoms with Crippen LogP contribution in [-0.4, -0.2) is 12.1 Å². The van der Waals surface area contributed by atoms with Crippen LogP contribution in [0.5, 0.6) is 5.75 Å². The Hall–Kier alpha value is -1.09. The van der Waals surface area contributed by atoms with Crippen molar-refractivity contribution in [3.8, 4) is 5.75 Å². The first-order valence-corrected chi connectivity index (χ1v) is 7.03. The van der Waals surface area contributed by atoms with Gasteiger partial charge in [0, 0.05) is 11.6 Å². The molecule has 3 heteroatoms. The van der Waals surface area contributed by atoms with Crippen LogP contribution in [0.25, 0.3) is 0 Å². The molecule has 0 aromatic heterocycles. The summed E-state index contributed by atoms with van der Waals surface area (Å²) < 4.78 is 19.9. The zero-order valence-corrected chi connectivity index (χ0v) is 12.9. The first-order valence-electron chi connectivity index (χ1n) is 7.03. The maximum atomic E-state index is 13.8. The minimum atomic E-state index is -0.245. The maximum absolute atomic E-state index is 13.8. The Bertz CT molecular complexity index is 429. The predicted octanol–water partition coefficient (Wildman–Crippen LogP) is 4.37. The smallest absolute Gasteiger partial charge is 0.126 e. The fourth-order valence-electron chi connectivity index (χ4n) is 1.88. The SMILES string of the molecule is CCNC(C)c1cc(F)c(C)cc1OC(C)(C)CC. The van der Waals surface area contributed by atoms with Crippen molar-refractivity contribution in [2.75, 3.05) is 6.54 Å². The number of ether oxygens (including phenoxy) is 1. The molecule has 0 saturated heterocycles. The van der Waals surface area contributed by atoms with E-state index in [1.165, 1.54) is 0 Å². The molecule has 0 bridgehead atoms. The lowest BCUT2D eigenvalue weighted by atomic mass is 10.0. The minimum Gasteiger partial charge on any atom is -0.488 e. The number of hydrogen-bond donors (Lipinski definition) is 1. The minimum absolute atomic E-state index is 0.0720. The van der Waals surface area contributed by atoms with Crippen molar-refractivity contribution in [1.29, 1.82) is 0 Å². The van der Waals surface area contributed by atoms with Crippen molar-refractivity contribution in [1.82, 2.24) is 5.32 Å². The van der Waals surface area contributed by atoms with Crippen molar-refractivity contribution in [3.63, 3.8) is 0 Å². The number of benzene rings is 1. The summed E-state index contributed by atoms with van der Waals surface area (Å²) in [6, 6.07) is 3.46. The molecule has 0 aliphatic carbocycles. The predicted molar refractivity (Wildman–Crippen MR) is 78.2 cm³/mol. The molecule has 0 aliphatic rings. The molecule has 1 aromatic rings. The largest absolute Gasteiger partial charge is 0.488 e. The summed E-state index contributed by atoms with van der Waals surface area (Å²) >= 11 is 0. The van der Waals surface area contributed by atoms with Crippen LogP contribution in [0.15, 0.2) is 12.1 Å². The zero-order valence-electron chi connectivity index (χ0n) is 12.9. The molecule has 0 aliphatic heterocycles. The van der Waals surface area contributed by atoms with Gasteiger partial charge in [-0.05, 0) is 58.4 Å². The van der Waals surface area contributed by atoms with Crippen LogP contribution in [0, 0.1) is 12.7 Å². The van der Waals surface area contributed by atoms with Gasteiger partial charge in [0.15, 0.2) is 0 Å². The Labute approximate surface area is 116 Å². The van der Waals surface area contributed by atoms with Gasteiger partial charge in [-0.2, -0.15) is 0 Å². The quantitative estimate of drug-likeness (QED) is 0.826. The molecule has 0 heterocycles. The van der Waals surface area contributed by atoms with E-state index in [0.717, 1.165) is 24.3 Å². The molecule has 0 radical (unpaired) electrons. The third-order valence-electron chi connectivity index (χ3n) is 3.51. The van der Waals surface area contributed by atoms with Gasteiger partial charge in [0.2, 0.25) is 0 Å². The van der Waals surface area contributed by atoms with Crippen molar-refractivity contribution in [3.05, 3.63) is 29.1 Å². The summed E-state index contributed by atoms with van der Waals surface area (Å²) in [6.07, 6.45) is 0.901. The topological polar surface area (TPSA) is 21.3 Å². The van der Waals surface area contributed by atoms with Gasteiger partial charge >= 0.3 is 0 Å². The van der Waals surface area contributed by atoms with Gasteiger partial charge in [-0.3, -0.25) is 0 Å². The third kappa shape index (κ3) is 4.20. The van der Waals surface area contributed by atoms with E-state index >= 15 is 0 Å². The van der Waals surface area contributed by atoms with Gasteiger partial charge in [-0.25, -0.2) is 4.39 Å². The van der Waals surface area contributed by atoms with E-state index in [1.807, 2.05) is 27.7 Å². The van der Waals surface area contributed by atoms with Crippen molar-refractivity contribution < 1.29 is 9.13 Å². The molecular weight excluding hydrogens is 241 g/mol. The summed E-state index contributed by atoms with van der Waals surface area (Å²) in [6.45, 7) is 12.9. The Morgan fingerprint density at radius 2 is 1.95 bits per heavy atom. The Morgan fingerprint density at radius 3 is 2.47 bits per heavy atom. The second-order valence-electron chi connectivity index (χ2n) is 5.63. The summed E-state index contributed by atoms with van der Waals surface area (Å²) in [5, 5.41) is 3.31. The molecule has 0 spiro atoms. The van der Waals surface area contributed by atoms with Gasteiger partial charge in [0.05, 0.1) is 0 Å². The molecule has 1 N–H and O–H groups in total. The van der Waals surface area contributed by atoms with E-state index in [-0.39, 0.29) is 17.5 Å². The lowest BCUT2D eigenvalue weighted by molar-refractivity contribution is 0.103. The molecule has 1 unspecified atom stereocenters. The summed E-state index contributed by atoms with van der Waals surface area (Å²) in [5.41, 5.74) is 1.26. The van der Waals surface area contributed by atoms with Crippen LogP contribution in [0.1, 0.15) is 58.2 Å². The molecule has 0 fully saturated rings. The van der Waals surface area contributed by atoms with Crippen LogP contribution in [0.3, 0.4) is 0 Å². The van der Waals surface area contributed by atoms with E-state index in [1.54, 1.807) is 19.1 Å². The number of rotatable bonds is 6. The van der Waals surface area contributed by atoms with Gasteiger partial charge in [-0.15, -0.1) is 0 Å². The van der Waals surface area contributed by atoms with Crippen LogP contribution in [0.4, 0.5) is 4.39 Å². The van der Waals surface area contributed by atoms with E-state index in [0.29, 0.717) is 5.56 Å². The number of hydrogen-bond acceptors (Lipinski definition) is 2. The summed E-state index contributed by atoms with van der Waals surface area (Å²) in [4.78, 5) is 0. The van der Waals surface area contributed by atoms with E-state index in [2.05, 4.69) is 12.2 Å². The van der Waals surface area contributed by atoms with Crippen LogP contribution in [0.2, 0.25) is 0 Å². The molecule has 19 heavy (non-hydrogen) atoms. The molecule has 1 aromatic carbocycles. The maximum Gasteiger partial charge on any atom is 0.126 e. The molecule has 1 atom stereocenters. The zero-order chi connectivity index (χ0) is 14.6.